The van der Waals surface area contributed by atoms with Crippen LogP contribution in [0.15, 0.2) is 30.3 Å². The van der Waals surface area contributed by atoms with Crippen LogP contribution >= 0.6 is 0 Å². The maximum Gasteiger partial charge on any atom is 0.313 e. The summed E-state index contributed by atoms with van der Waals surface area (Å²) >= 11 is 0. The van der Waals surface area contributed by atoms with E-state index < -0.39 is 12.1 Å². The van der Waals surface area contributed by atoms with Gasteiger partial charge in [0.1, 0.15) is 18.3 Å². The number of carbonyl (C=O) groups is 2. The van der Waals surface area contributed by atoms with E-state index in [-0.39, 0.29) is 25.2 Å². The van der Waals surface area contributed by atoms with E-state index in [1.807, 2.05) is 30.3 Å². The van der Waals surface area contributed by atoms with E-state index in [0.717, 1.165) is 5.56 Å². The minimum Gasteiger partial charge on any atom is -0.459 e. The molecule has 0 amide bonds. The molecular weight excluding hydrogens is 220 g/mol. The number of cyclic esters (lactones) is 1. The second-order valence-electron chi connectivity index (χ2n) is 4.03. The summed E-state index contributed by atoms with van der Waals surface area (Å²) in [5.41, 5.74) is 1.06. The Hall–Kier alpha value is -1.68. The summed E-state index contributed by atoms with van der Waals surface area (Å²) in [7, 11) is 0. The molecule has 1 aromatic carbocycles. The monoisotopic (exact) mass is 234 g/mol. The largest absolute Gasteiger partial charge is 0.459 e. The van der Waals surface area contributed by atoms with Crippen LogP contribution < -0.4 is 0 Å². The normalized spacial score (nSPS) is 20.1. The van der Waals surface area contributed by atoms with E-state index in [2.05, 4.69) is 0 Å². The van der Waals surface area contributed by atoms with Gasteiger partial charge in [-0.15, -0.1) is 0 Å². The van der Waals surface area contributed by atoms with Crippen LogP contribution in [0.25, 0.3) is 0 Å². The molecule has 2 rings (SSSR count). The first-order chi connectivity index (χ1) is 8.24. The molecule has 4 nitrogen and oxygen atoms in total. The molecule has 1 aliphatic rings. The lowest BCUT2D eigenvalue weighted by atomic mass is 10.1. The molecule has 4 heteroatoms. The van der Waals surface area contributed by atoms with Gasteiger partial charge in [0.15, 0.2) is 0 Å². The molecule has 1 aliphatic heterocycles. The molecule has 0 aliphatic carbocycles. The number of carbonyl (C=O) groups excluding carboxylic acids is 2. The van der Waals surface area contributed by atoms with Gasteiger partial charge in [0.05, 0.1) is 13.2 Å². The van der Waals surface area contributed by atoms with Crippen LogP contribution in [0.1, 0.15) is 18.4 Å². The highest BCUT2D eigenvalue weighted by molar-refractivity contribution is 5.97. The second kappa shape index (κ2) is 5.59. The van der Waals surface area contributed by atoms with Crippen LogP contribution in [0.5, 0.6) is 0 Å². The van der Waals surface area contributed by atoms with Gasteiger partial charge in [-0.3, -0.25) is 9.59 Å². The van der Waals surface area contributed by atoms with E-state index in [0.29, 0.717) is 6.61 Å². The Bertz CT molecular complexity index is 383. The average molecular weight is 234 g/mol. The van der Waals surface area contributed by atoms with Crippen molar-refractivity contribution in [1.29, 1.82) is 0 Å². The summed E-state index contributed by atoms with van der Waals surface area (Å²) in [6.07, 6.45) is -0.261. The van der Waals surface area contributed by atoms with Crippen molar-refractivity contribution in [2.75, 3.05) is 6.61 Å². The zero-order valence-corrected chi connectivity index (χ0v) is 9.43. The molecule has 0 N–H and O–H groups in total. The fourth-order valence-corrected chi connectivity index (χ4v) is 1.73. The summed E-state index contributed by atoms with van der Waals surface area (Å²) in [5.74, 6) is -0.524. The Morgan fingerprint density at radius 1 is 1.24 bits per heavy atom. The molecule has 0 spiro atoms. The summed E-state index contributed by atoms with van der Waals surface area (Å²) < 4.78 is 10.4. The molecule has 1 heterocycles. The van der Waals surface area contributed by atoms with Crippen molar-refractivity contribution in [3.05, 3.63) is 35.9 Å². The van der Waals surface area contributed by atoms with Crippen LogP contribution in [-0.2, 0) is 25.7 Å². The lowest BCUT2D eigenvalue weighted by Crippen LogP contribution is -2.32. The number of hydrogen-bond acceptors (Lipinski definition) is 4. The highest BCUT2D eigenvalue weighted by Crippen LogP contribution is 2.12. The Balaban J connectivity index is 1.75. The molecule has 17 heavy (non-hydrogen) atoms. The standard InChI is InChI=1S/C13H14O4/c14-11-6-12(17-13(15)7-11)9-16-8-10-4-2-1-3-5-10/h1-5,12H,6-9H2. The van der Waals surface area contributed by atoms with Crippen molar-refractivity contribution in [2.45, 2.75) is 25.6 Å². The summed E-state index contributed by atoms with van der Waals surface area (Å²) in [6, 6.07) is 9.72. The third-order valence-electron chi connectivity index (χ3n) is 2.51. The lowest BCUT2D eigenvalue weighted by Gasteiger charge is -2.21. The molecule has 1 aromatic rings. The first-order valence-electron chi connectivity index (χ1n) is 5.57. The summed E-state index contributed by atoms with van der Waals surface area (Å²) in [5, 5.41) is 0. The van der Waals surface area contributed by atoms with E-state index in [9.17, 15) is 9.59 Å². The van der Waals surface area contributed by atoms with E-state index in [1.165, 1.54) is 0 Å². The third kappa shape index (κ3) is 3.67. The second-order valence-corrected chi connectivity index (χ2v) is 4.03. The number of hydrogen-bond donors (Lipinski definition) is 0. The molecule has 1 saturated heterocycles. The summed E-state index contributed by atoms with van der Waals surface area (Å²) in [4.78, 5) is 22.2. The first-order valence-corrected chi connectivity index (χ1v) is 5.57. The molecule has 0 saturated carbocycles. The van der Waals surface area contributed by atoms with Crippen molar-refractivity contribution in [3.63, 3.8) is 0 Å². The van der Waals surface area contributed by atoms with Gasteiger partial charge in [-0.2, -0.15) is 0 Å². The number of esters is 1. The van der Waals surface area contributed by atoms with Gasteiger partial charge < -0.3 is 9.47 Å². The molecule has 90 valence electrons. The number of Topliss-reactive ketones (excluding diaryl/α,β-unsaturated/α-hetero) is 1. The van der Waals surface area contributed by atoms with Crippen molar-refractivity contribution in [1.82, 2.24) is 0 Å². The predicted octanol–water partition coefficient (Wildman–Crippen LogP) is 1.48. The zero-order chi connectivity index (χ0) is 12.1. The van der Waals surface area contributed by atoms with Gasteiger partial charge in [0, 0.05) is 6.42 Å². The van der Waals surface area contributed by atoms with Crippen molar-refractivity contribution >= 4 is 11.8 Å². The van der Waals surface area contributed by atoms with E-state index in [1.54, 1.807) is 0 Å². The van der Waals surface area contributed by atoms with Gasteiger partial charge in [0.2, 0.25) is 0 Å². The zero-order valence-electron chi connectivity index (χ0n) is 9.43. The van der Waals surface area contributed by atoms with Crippen LogP contribution in [0, 0.1) is 0 Å². The Morgan fingerprint density at radius 2 is 2.00 bits per heavy atom. The maximum atomic E-state index is 11.2. The molecule has 1 unspecified atom stereocenters. The highest BCUT2D eigenvalue weighted by atomic mass is 16.6. The Labute approximate surface area is 99.5 Å². The van der Waals surface area contributed by atoms with Crippen molar-refractivity contribution in [3.8, 4) is 0 Å². The Kier molecular flexibility index (Phi) is 3.88. The smallest absolute Gasteiger partial charge is 0.313 e. The van der Waals surface area contributed by atoms with Crippen LogP contribution in [0.4, 0.5) is 0 Å². The third-order valence-corrected chi connectivity index (χ3v) is 2.51. The molecule has 1 atom stereocenters. The first kappa shape index (κ1) is 11.8. The van der Waals surface area contributed by atoms with E-state index >= 15 is 0 Å². The molecular formula is C13H14O4. The SMILES string of the molecule is O=C1CC(=O)OC(COCc2ccccc2)C1. The van der Waals surface area contributed by atoms with Crippen molar-refractivity contribution < 1.29 is 19.1 Å². The molecule has 0 bridgehead atoms. The number of ether oxygens (including phenoxy) is 2. The molecule has 1 fully saturated rings. The highest BCUT2D eigenvalue weighted by Gasteiger charge is 2.26. The average Bonchev–Trinajstić information content (AvgIpc) is 2.29. The van der Waals surface area contributed by atoms with Gasteiger partial charge >= 0.3 is 5.97 Å². The lowest BCUT2D eigenvalue weighted by molar-refractivity contribution is -0.161. The minimum atomic E-state index is -0.449. The molecule has 0 radical (unpaired) electrons. The fourth-order valence-electron chi connectivity index (χ4n) is 1.73. The van der Waals surface area contributed by atoms with Gasteiger partial charge in [0.25, 0.3) is 0 Å². The van der Waals surface area contributed by atoms with Crippen LogP contribution in [0.2, 0.25) is 0 Å². The topological polar surface area (TPSA) is 52.6 Å². The maximum absolute atomic E-state index is 11.2. The Morgan fingerprint density at radius 3 is 2.71 bits per heavy atom. The van der Waals surface area contributed by atoms with Gasteiger partial charge in [-0.1, -0.05) is 30.3 Å². The molecule has 0 aromatic heterocycles. The fraction of sp³-hybridized carbons (Fsp3) is 0.385. The number of ketones is 1. The quantitative estimate of drug-likeness (QED) is 0.585. The van der Waals surface area contributed by atoms with E-state index in [4.69, 9.17) is 9.47 Å². The van der Waals surface area contributed by atoms with Crippen LogP contribution in [0.3, 0.4) is 0 Å². The summed E-state index contributed by atoms with van der Waals surface area (Å²) in [6.45, 7) is 0.732. The van der Waals surface area contributed by atoms with Crippen molar-refractivity contribution in [2.24, 2.45) is 0 Å². The number of rotatable bonds is 4. The van der Waals surface area contributed by atoms with Gasteiger partial charge in [-0.05, 0) is 5.56 Å². The van der Waals surface area contributed by atoms with Crippen LogP contribution in [-0.4, -0.2) is 24.5 Å². The number of benzene rings is 1. The predicted molar refractivity (Wildman–Crippen MR) is 60.2 cm³/mol. The van der Waals surface area contributed by atoms with Gasteiger partial charge in [-0.25, -0.2) is 0 Å². The minimum absolute atomic E-state index is 0.0745.